The quantitative estimate of drug-likeness (QED) is 0.751. The van der Waals surface area contributed by atoms with Crippen molar-refractivity contribution in [3.8, 4) is 0 Å². The van der Waals surface area contributed by atoms with Gasteiger partial charge in [0.25, 0.3) is 0 Å². The van der Waals surface area contributed by atoms with E-state index >= 15 is 0 Å². The molecule has 2 rings (SSSR count). The van der Waals surface area contributed by atoms with Gasteiger partial charge in [-0.3, -0.25) is 0 Å². The molecule has 0 aliphatic heterocycles. The van der Waals surface area contributed by atoms with E-state index in [-0.39, 0.29) is 0 Å². The number of rotatable bonds is 7. The summed E-state index contributed by atoms with van der Waals surface area (Å²) in [5.41, 5.74) is 4.56. The molecule has 0 heterocycles. The molecule has 106 valence electrons. The lowest BCUT2D eigenvalue weighted by Gasteiger charge is -2.30. The molecule has 1 unspecified atom stereocenters. The minimum absolute atomic E-state index is 0.562. The van der Waals surface area contributed by atoms with Crippen LogP contribution in [-0.4, -0.2) is 6.54 Å². The second-order valence-corrected chi connectivity index (χ2v) is 5.88. The van der Waals surface area contributed by atoms with Crippen molar-refractivity contribution in [2.45, 2.75) is 65.3 Å². The third-order valence-electron chi connectivity index (χ3n) is 4.64. The predicted molar refractivity (Wildman–Crippen MR) is 83.6 cm³/mol. The van der Waals surface area contributed by atoms with Crippen LogP contribution in [0.2, 0.25) is 0 Å². The molecule has 1 fully saturated rings. The number of hydrogen-bond donors (Lipinski definition) is 1. The fourth-order valence-corrected chi connectivity index (χ4v) is 3.18. The lowest BCUT2D eigenvalue weighted by molar-refractivity contribution is 0.262. The molecule has 0 bridgehead atoms. The van der Waals surface area contributed by atoms with Crippen molar-refractivity contribution in [1.29, 1.82) is 0 Å². The first-order valence-corrected chi connectivity index (χ1v) is 8.13. The summed E-state index contributed by atoms with van der Waals surface area (Å²) in [7, 11) is 0. The van der Waals surface area contributed by atoms with Crippen LogP contribution < -0.4 is 5.32 Å². The summed E-state index contributed by atoms with van der Waals surface area (Å²) in [4.78, 5) is 0. The van der Waals surface area contributed by atoms with Gasteiger partial charge < -0.3 is 5.32 Å². The Labute approximate surface area is 118 Å². The van der Waals surface area contributed by atoms with Crippen LogP contribution in [0.5, 0.6) is 0 Å². The van der Waals surface area contributed by atoms with E-state index in [1.807, 2.05) is 0 Å². The molecule has 1 nitrogen and oxygen atoms in total. The fraction of sp³-hybridized carbons (Fsp3) is 0.667. The van der Waals surface area contributed by atoms with Gasteiger partial charge in [0.15, 0.2) is 0 Å². The molecule has 0 radical (unpaired) electrons. The molecule has 1 N–H and O–H groups in total. The summed E-state index contributed by atoms with van der Waals surface area (Å²) >= 11 is 0. The summed E-state index contributed by atoms with van der Waals surface area (Å²) in [6.45, 7) is 7.81. The molecule has 1 heteroatoms. The van der Waals surface area contributed by atoms with E-state index < -0.39 is 0 Å². The Bertz CT molecular complexity index is 393. The summed E-state index contributed by atoms with van der Waals surface area (Å²) < 4.78 is 0. The van der Waals surface area contributed by atoms with Crippen molar-refractivity contribution >= 4 is 0 Å². The van der Waals surface area contributed by atoms with Crippen molar-refractivity contribution in [3.63, 3.8) is 0 Å². The van der Waals surface area contributed by atoms with Crippen LogP contribution in [0, 0.1) is 5.92 Å². The molecule has 0 saturated heterocycles. The van der Waals surface area contributed by atoms with Crippen molar-refractivity contribution in [2.75, 3.05) is 6.54 Å². The van der Waals surface area contributed by atoms with Crippen molar-refractivity contribution < 1.29 is 0 Å². The van der Waals surface area contributed by atoms with E-state index in [1.54, 1.807) is 0 Å². The number of aryl methyl sites for hydroxylation is 2. The Kier molecular flexibility index (Phi) is 5.45. The van der Waals surface area contributed by atoms with Crippen molar-refractivity contribution in [2.24, 2.45) is 5.92 Å². The lowest BCUT2D eigenvalue weighted by atomic mass is 9.79. The summed E-state index contributed by atoms with van der Waals surface area (Å²) in [5, 5.41) is 3.69. The third kappa shape index (κ3) is 3.60. The summed E-state index contributed by atoms with van der Waals surface area (Å²) in [5.74, 6) is 0.958. The zero-order valence-corrected chi connectivity index (χ0v) is 12.8. The van der Waals surface area contributed by atoms with E-state index in [1.165, 1.54) is 42.4 Å². The van der Waals surface area contributed by atoms with E-state index in [0.717, 1.165) is 25.3 Å². The maximum Gasteiger partial charge on any atom is 0.0322 e. The average molecular weight is 259 g/mol. The van der Waals surface area contributed by atoms with Crippen LogP contribution in [0.3, 0.4) is 0 Å². The molecular weight excluding hydrogens is 230 g/mol. The first-order valence-electron chi connectivity index (χ1n) is 8.13. The Morgan fingerprint density at radius 3 is 2.37 bits per heavy atom. The van der Waals surface area contributed by atoms with Gasteiger partial charge in [-0.25, -0.2) is 0 Å². The first-order chi connectivity index (χ1) is 9.28. The molecule has 1 saturated carbocycles. The standard InChI is InChI=1S/C18H29N/c1-4-15-10-11-17(13-16(15)5-2)18(19-6-3)12-14-8-7-9-14/h10-11,13-14,18-19H,4-9,12H2,1-3H3. The van der Waals surface area contributed by atoms with E-state index in [2.05, 4.69) is 44.3 Å². The van der Waals surface area contributed by atoms with Gasteiger partial charge in [-0.15, -0.1) is 0 Å². The highest BCUT2D eigenvalue weighted by Gasteiger charge is 2.22. The summed E-state index contributed by atoms with van der Waals surface area (Å²) in [6.07, 6.45) is 7.95. The highest BCUT2D eigenvalue weighted by atomic mass is 14.9. The van der Waals surface area contributed by atoms with Crippen LogP contribution in [0.15, 0.2) is 18.2 Å². The topological polar surface area (TPSA) is 12.0 Å². The Morgan fingerprint density at radius 1 is 1.11 bits per heavy atom. The van der Waals surface area contributed by atoms with Gasteiger partial charge in [0.2, 0.25) is 0 Å². The van der Waals surface area contributed by atoms with Gasteiger partial charge in [-0.1, -0.05) is 58.2 Å². The molecule has 1 aromatic carbocycles. The second-order valence-electron chi connectivity index (χ2n) is 5.88. The van der Waals surface area contributed by atoms with Gasteiger partial charge >= 0.3 is 0 Å². The monoisotopic (exact) mass is 259 g/mol. The molecule has 1 aliphatic carbocycles. The smallest absolute Gasteiger partial charge is 0.0322 e. The maximum atomic E-state index is 3.69. The van der Waals surface area contributed by atoms with Crippen LogP contribution in [-0.2, 0) is 12.8 Å². The predicted octanol–water partition coefficient (Wildman–Crippen LogP) is 4.65. The van der Waals surface area contributed by atoms with Crippen LogP contribution in [0.1, 0.15) is 69.2 Å². The van der Waals surface area contributed by atoms with Gasteiger partial charge in [0.05, 0.1) is 0 Å². The molecule has 1 aromatic rings. The zero-order valence-electron chi connectivity index (χ0n) is 12.8. The fourth-order valence-electron chi connectivity index (χ4n) is 3.18. The minimum Gasteiger partial charge on any atom is -0.310 e. The van der Waals surface area contributed by atoms with E-state index in [4.69, 9.17) is 0 Å². The lowest BCUT2D eigenvalue weighted by Crippen LogP contribution is -2.26. The molecule has 1 aliphatic rings. The van der Waals surface area contributed by atoms with Crippen molar-refractivity contribution in [1.82, 2.24) is 5.32 Å². The zero-order chi connectivity index (χ0) is 13.7. The van der Waals surface area contributed by atoms with Crippen LogP contribution >= 0.6 is 0 Å². The Balaban J connectivity index is 2.14. The number of benzene rings is 1. The third-order valence-corrected chi connectivity index (χ3v) is 4.64. The van der Waals surface area contributed by atoms with Crippen LogP contribution in [0.4, 0.5) is 0 Å². The first kappa shape index (κ1) is 14.6. The average Bonchev–Trinajstić information content (AvgIpc) is 2.40. The molecule has 0 aromatic heterocycles. The van der Waals surface area contributed by atoms with Gasteiger partial charge in [0, 0.05) is 6.04 Å². The van der Waals surface area contributed by atoms with Gasteiger partial charge in [0.1, 0.15) is 0 Å². The largest absolute Gasteiger partial charge is 0.310 e. The SMILES string of the molecule is CCNC(CC1CCC1)c1ccc(CC)c(CC)c1. The molecule has 1 atom stereocenters. The highest BCUT2D eigenvalue weighted by Crippen LogP contribution is 2.35. The maximum absolute atomic E-state index is 3.69. The van der Waals surface area contributed by atoms with Gasteiger partial charge in [-0.05, 0) is 48.4 Å². The van der Waals surface area contributed by atoms with Crippen LogP contribution in [0.25, 0.3) is 0 Å². The Morgan fingerprint density at radius 2 is 1.84 bits per heavy atom. The minimum atomic E-state index is 0.562. The molecule has 19 heavy (non-hydrogen) atoms. The number of hydrogen-bond acceptors (Lipinski definition) is 1. The molecule has 0 amide bonds. The summed E-state index contributed by atoms with van der Waals surface area (Å²) in [6, 6.07) is 7.71. The van der Waals surface area contributed by atoms with Crippen molar-refractivity contribution in [3.05, 3.63) is 34.9 Å². The second kappa shape index (κ2) is 7.09. The molecular formula is C18H29N. The number of nitrogens with one attached hydrogen (secondary N) is 1. The Hall–Kier alpha value is -0.820. The normalized spacial score (nSPS) is 17.2. The van der Waals surface area contributed by atoms with Gasteiger partial charge in [-0.2, -0.15) is 0 Å². The van der Waals surface area contributed by atoms with E-state index in [0.29, 0.717) is 6.04 Å². The highest BCUT2D eigenvalue weighted by molar-refractivity contribution is 5.34. The van der Waals surface area contributed by atoms with E-state index in [9.17, 15) is 0 Å². The molecule has 0 spiro atoms.